The predicted octanol–water partition coefficient (Wildman–Crippen LogP) is 2.21. The molecule has 88 valence electrons. The summed E-state index contributed by atoms with van der Waals surface area (Å²) in [6, 6.07) is 9.44. The van der Waals surface area contributed by atoms with Crippen molar-refractivity contribution in [3.63, 3.8) is 0 Å². The van der Waals surface area contributed by atoms with E-state index in [1.807, 2.05) is 37.3 Å². The normalized spacial score (nSPS) is 10.4. The summed E-state index contributed by atoms with van der Waals surface area (Å²) in [5, 5.41) is 3.78. The van der Waals surface area contributed by atoms with Crippen LogP contribution in [0.3, 0.4) is 0 Å². The molecule has 0 atom stereocenters. The third-order valence-corrected chi connectivity index (χ3v) is 2.32. The van der Waals surface area contributed by atoms with E-state index in [1.54, 1.807) is 6.20 Å². The molecule has 0 saturated carbocycles. The number of carbonyl (C=O) groups is 1. The van der Waals surface area contributed by atoms with Crippen molar-refractivity contribution in [2.75, 3.05) is 18.5 Å². The summed E-state index contributed by atoms with van der Waals surface area (Å²) in [5.74, 6) is -0.143. The summed E-state index contributed by atoms with van der Waals surface area (Å²) >= 11 is 0. The first-order valence-corrected chi connectivity index (χ1v) is 5.52. The molecule has 1 amide bonds. The highest BCUT2D eigenvalue weighted by molar-refractivity contribution is 5.94. The Bertz CT molecular complexity index is 526. The first-order chi connectivity index (χ1) is 8.29. The van der Waals surface area contributed by atoms with Crippen molar-refractivity contribution in [2.24, 2.45) is 0 Å². The lowest BCUT2D eigenvalue weighted by molar-refractivity contribution is -0.120. The number of hydrogen-bond acceptors (Lipinski definition) is 3. The van der Waals surface area contributed by atoms with Crippen molar-refractivity contribution in [3.8, 4) is 0 Å². The Balaban J connectivity index is 2.11. The van der Waals surface area contributed by atoms with Crippen LogP contribution >= 0.6 is 0 Å². The minimum absolute atomic E-state index is 0.0849. The molecular weight excluding hydrogens is 216 g/mol. The monoisotopic (exact) mass is 230 g/mol. The zero-order chi connectivity index (χ0) is 12.1. The van der Waals surface area contributed by atoms with E-state index >= 15 is 0 Å². The summed E-state index contributed by atoms with van der Waals surface area (Å²) in [6.07, 6.45) is 1.75. The van der Waals surface area contributed by atoms with Gasteiger partial charge in [-0.1, -0.05) is 6.07 Å². The topological polar surface area (TPSA) is 51.2 Å². The molecule has 4 heteroatoms. The highest BCUT2D eigenvalue weighted by Gasteiger charge is 2.02. The van der Waals surface area contributed by atoms with Crippen LogP contribution in [-0.2, 0) is 9.53 Å². The van der Waals surface area contributed by atoms with Crippen LogP contribution in [0.4, 0.5) is 5.69 Å². The molecule has 1 N–H and O–H groups in total. The molecule has 0 fully saturated rings. The fraction of sp³-hybridized carbons (Fsp3) is 0.231. The average Bonchev–Trinajstić information content (AvgIpc) is 2.36. The van der Waals surface area contributed by atoms with Crippen molar-refractivity contribution >= 4 is 22.5 Å². The summed E-state index contributed by atoms with van der Waals surface area (Å²) in [6.45, 7) is 2.48. The van der Waals surface area contributed by atoms with Crippen molar-refractivity contribution in [3.05, 3.63) is 36.5 Å². The highest BCUT2D eigenvalue weighted by atomic mass is 16.5. The molecule has 0 unspecified atom stereocenters. The van der Waals surface area contributed by atoms with Crippen LogP contribution in [0, 0.1) is 0 Å². The fourth-order valence-corrected chi connectivity index (χ4v) is 1.55. The Morgan fingerprint density at radius 1 is 1.41 bits per heavy atom. The molecule has 0 aliphatic carbocycles. The van der Waals surface area contributed by atoms with Crippen molar-refractivity contribution in [2.45, 2.75) is 6.92 Å². The third kappa shape index (κ3) is 3.01. The Labute approximate surface area is 99.6 Å². The van der Waals surface area contributed by atoms with Gasteiger partial charge in [0, 0.05) is 23.9 Å². The van der Waals surface area contributed by atoms with Gasteiger partial charge in [-0.3, -0.25) is 9.78 Å². The van der Waals surface area contributed by atoms with Crippen molar-refractivity contribution in [1.29, 1.82) is 0 Å². The molecule has 1 aromatic carbocycles. The lowest BCUT2D eigenvalue weighted by atomic mass is 10.2. The molecule has 17 heavy (non-hydrogen) atoms. The SMILES string of the molecule is CCOCC(=O)Nc1ccc2ncccc2c1. The average molecular weight is 230 g/mol. The first-order valence-electron chi connectivity index (χ1n) is 5.52. The quantitative estimate of drug-likeness (QED) is 0.876. The summed E-state index contributed by atoms with van der Waals surface area (Å²) in [5.41, 5.74) is 1.67. The fourth-order valence-electron chi connectivity index (χ4n) is 1.55. The molecule has 0 bridgehead atoms. The Morgan fingerprint density at radius 2 is 2.29 bits per heavy atom. The minimum atomic E-state index is -0.143. The van der Waals surface area contributed by atoms with Gasteiger partial charge in [0.2, 0.25) is 5.91 Å². The van der Waals surface area contributed by atoms with Crippen LogP contribution in [0.1, 0.15) is 6.92 Å². The van der Waals surface area contributed by atoms with Gasteiger partial charge < -0.3 is 10.1 Å². The highest BCUT2D eigenvalue weighted by Crippen LogP contribution is 2.16. The van der Waals surface area contributed by atoms with Crippen LogP contribution in [0.25, 0.3) is 10.9 Å². The Morgan fingerprint density at radius 3 is 3.12 bits per heavy atom. The molecule has 2 aromatic rings. The van der Waals surface area contributed by atoms with Crippen LogP contribution in [0.15, 0.2) is 36.5 Å². The van der Waals surface area contributed by atoms with E-state index in [2.05, 4.69) is 10.3 Å². The van der Waals surface area contributed by atoms with Gasteiger partial charge in [-0.25, -0.2) is 0 Å². The van der Waals surface area contributed by atoms with Crippen molar-refractivity contribution in [1.82, 2.24) is 4.98 Å². The lowest BCUT2D eigenvalue weighted by Crippen LogP contribution is -2.18. The van der Waals surface area contributed by atoms with Gasteiger partial charge in [-0.05, 0) is 31.2 Å². The van der Waals surface area contributed by atoms with E-state index in [4.69, 9.17) is 4.74 Å². The second kappa shape index (κ2) is 5.41. The predicted molar refractivity (Wildman–Crippen MR) is 66.9 cm³/mol. The number of nitrogens with one attached hydrogen (secondary N) is 1. The first kappa shape index (κ1) is 11.5. The molecule has 0 radical (unpaired) electrons. The zero-order valence-electron chi connectivity index (χ0n) is 9.64. The lowest BCUT2D eigenvalue weighted by Gasteiger charge is -2.06. The number of carbonyl (C=O) groups excluding carboxylic acids is 1. The number of pyridine rings is 1. The molecule has 2 rings (SSSR count). The van der Waals surface area contributed by atoms with Crippen molar-refractivity contribution < 1.29 is 9.53 Å². The van der Waals surface area contributed by atoms with Gasteiger partial charge in [0.1, 0.15) is 6.61 Å². The molecule has 0 aliphatic rings. The number of anilines is 1. The standard InChI is InChI=1S/C13H14N2O2/c1-2-17-9-13(16)15-11-5-6-12-10(8-11)4-3-7-14-12/h3-8H,2,9H2,1H3,(H,15,16). The number of aromatic nitrogens is 1. The minimum Gasteiger partial charge on any atom is -0.372 e. The van der Waals surface area contributed by atoms with Gasteiger partial charge in [-0.2, -0.15) is 0 Å². The second-order valence-corrected chi connectivity index (χ2v) is 3.60. The molecular formula is C13H14N2O2. The van der Waals surface area contributed by atoms with Gasteiger partial charge >= 0.3 is 0 Å². The number of fused-ring (bicyclic) bond motifs is 1. The van der Waals surface area contributed by atoms with Crippen LogP contribution in [0.2, 0.25) is 0 Å². The maximum Gasteiger partial charge on any atom is 0.250 e. The second-order valence-electron chi connectivity index (χ2n) is 3.60. The molecule has 1 heterocycles. The van der Waals surface area contributed by atoms with Gasteiger partial charge in [0.05, 0.1) is 5.52 Å². The molecule has 0 spiro atoms. The Kier molecular flexibility index (Phi) is 3.67. The van der Waals surface area contributed by atoms with Crippen LogP contribution < -0.4 is 5.32 Å². The number of nitrogens with zero attached hydrogens (tertiary/aromatic N) is 1. The van der Waals surface area contributed by atoms with E-state index in [0.717, 1.165) is 16.6 Å². The number of benzene rings is 1. The van der Waals surface area contributed by atoms with E-state index < -0.39 is 0 Å². The van der Waals surface area contributed by atoms with E-state index in [-0.39, 0.29) is 12.5 Å². The largest absolute Gasteiger partial charge is 0.372 e. The number of ether oxygens (including phenoxy) is 1. The number of hydrogen-bond donors (Lipinski definition) is 1. The zero-order valence-corrected chi connectivity index (χ0v) is 9.64. The van der Waals surface area contributed by atoms with E-state index in [1.165, 1.54) is 0 Å². The van der Waals surface area contributed by atoms with Gasteiger partial charge in [0.25, 0.3) is 0 Å². The number of rotatable bonds is 4. The third-order valence-electron chi connectivity index (χ3n) is 2.32. The van der Waals surface area contributed by atoms with E-state index in [9.17, 15) is 4.79 Å². The maximum atomic E-state index is 11.5. The summed E-state index contributed by atoms with van der Waals surface area (Å²) in [7, 11) is 0. The van der Waals surface area contributed by atoms with Gasteiger partial charge in [0.15, 0.2) is 0 Å². The van der Waals surface area contributed by atoms with Crippen LogP contribution in [-0.4, -0.2) is 24.1 Å². The summed E-state index contributed by atoms with van der Waals surface area (Å²) < 4.78 is 5.03. The molecule has 0 aliphatic heterocycles. The molecule has 0 saturated heterocycles. The van der Waals surface area contributed by atoms with E-state index in [0.29, 0.717) is 6.61 Å². The van der Waals surface area contributed by atoms with Crippen LogP contribution in [0.5, 0.6) is 0 Å². The Hall–Kier alpha value is -1.94. The number of amides is 1. The smallest absolute Gasteiger partial charge is 0.250 e. The molecule has 1 aromatic heterocycles. The molecule has 4 nitrogen and oxygen atoms in total. The maximum absolute atomic E-state index is 11.5. The van der Waals surface area contributed by atoms with Gasteiger partial charge in [-0.15, -0.1) is 0 Å². The summed E-state index contributed by atoms with van der Waals surface area (Å²) in [4.78, 5) is 15.7.